The minimum absolute atomic E-state index is 0.0709. The zero-order valence-corrected chi connectivity index (χ0v) is 13.5. The SMILES string of the molecule is Cc1ccc(C(=O)Nc2ccc(Br)cc2C(=O)O)cc1[N+](=O)[O-]. The third-order valence-electron chi connectivity index (χ3n) is 3.13. The number of carboxylic acids is 1. The number of hydrogen-bond acceptors (Lipinski definition) is 4. The Morgan fingerprint density at radius 3 is 2.52 bits per heavy atom. The molecule has 0 aliphatic carbocycles. The second kappa shape index (κ2) is 6.57. The van der Waals surface area contributed by atoms with E-state index in [1.807, 2.05) is 0 Å². The Labute approximate surface area is 139 Å². The Morgan fingerprint density at radius 1 is 1.22 bits per heavy atom. The third-order valence-corrected chi connectivity index (χ3v) is 3.62. The van der Waals surface area contributed by atoms with Crippen LogP contribution in [0, 0.1) is 17.0 Å². The van der Waals surface area contributed by atoms with Gasteiger partial charge in [0.2, 0.25) is 0 Å². The Balaban J connectivity index is 2.35. The number of carbonyl (C=O) groups excluding carboxylic acids is 1. The van der Waals surface area contributed by atoms with Crippen molar-refractivity contribution in [3.05, 3.63) is 67.7 Å². The van der Waals surface area contributed by atoms with Gasteiger partial charge >= 0.3 is 5.97 Å². The van der Waals surface area contributed by atoms with Gasteiger partial charge in [-0.3, -0.25) is 14.9 Å². The van der Waals surface area contributed by atoms with E-state index in [1.165, 1.54) is 24.3 Å². The second-order valence-corrected chi connectivity index (χ2v) is 5.62. The highest BCUT2D eigenvalue weighted by molar-refractivity contribution is 9.10. The number of nitrogens with one attached hydrogen (secondary N) is 1. The van der Waals surface area contributed by atoms with E-state index in [4.69, 9.17) is 5.11 Å². The number of hydrogen-bond donors (Lipinski definition) is 2. The molecule has 7 nitrogen and oxygen atoms in total. The van der Waals surface area contributed by atoms with Crippen LogP contribution in [-0.2, 0) is 0 Å². The van der Waals surface area contributed by atoms with Gasteiger partial charge in [-0.05, 0) is 31.2 Å². The number of carbonyl (C=O) groups is 2. The van der Waals surface area contributed by atoms with E-state index >= 15 is 0 Å². The van der Waals surface area contributed by atoms with Crippen LogP contribution in [0.3, 0.4) is 0 Å². The third kappa shape index (κ3) is 3.72. The zero-order chi connectivity index (χ0) is 17.1. The number of anilines is 1. The van der Waals surface area contributed by atoms with E-state index in [0.717, 1.165) is 6.07 Å². The zero-order valence-electron chi connectivity index (χ0n) is 11.9. The fourth-order valence-corrected chi connectivity index (χ4v) is 2.31. The summed E-state index contributed by atoms with van der Waals surface area (Å²) < 4.78 is 0.555. The number of rotatable bonds is 4. The molecule has 0 heterocycles. The highest BCUT2D eigenvalue weighted by Crippen LogP contribution is 2.23. The molecule has 118 valence electrons. The van der Waals surface area contributed by atoms with Gasteiger partial charge in [0.25, 0.3) is 11.6 Å². The van der Waals surface area contributed by atoms with E-state index in [0.29, 0.717) is 10.0 Å². The van der Waals surface area contributed by atoms with Crippen molar-refractivity contribution >= 4 is 39.2 Å². The van der Waals surface area contributed by atoms with E-state index in [9.17, 15) is 19.7 Å². The van der Waals surface area contributed by atoms with Crippen LogP contribution in [0.2, 0.25) is 0 Å². The molecule has 0 atom stereocenters. The number of nitro groups is 1. The molecular weight excluding hydrogens is 368 g/mol. The molecule has 0 aliphatic heterocycles. The van der Waals surface area contributed by atoms with Crippen LogP contribution in [0.5, 0.6) is 0 Å². The number of aryl methyl sites for hydroxylation is 1. The van der Waals surface area contributed by atoms with Crippen LogP contribution in [0.25, 0.3) is 0 Å². The molecule has 0 aromatic heterocycles. The van der Waals surface area contributed by atoms with E-state index < -0.39 is 16.8 Å². The van der Waals surface area contributed by atoms with Gasteiger partial charge in [0, 0.05) is 21.7 Å². The molecule has 0 spiro atoms. The lowest BCUT2D eigenvalue weighted by Gasteiger charge is -2.09. The largest absolute Gasteiger partial charge is 0.478 e. The summed E-state index contributed by atoms with van der Waals surface area (Å²) in [6, 6.07) is 8.44. The highest BCUT2D eigenvalue weighted by Gasteiger charge is 2.17. The minimum Gasteiger partial charge on any atom is -0.478 e. The van der Waals surface area contributed by atoms with Crippen LogP contribution in [0.1, 0.15) is 26.3 Å². The smallest absolute Gasteiger partial charge is 0.337 e. The molecule has 0 radical (unpaired) electrons. The molecule has 2 aromatic rings. The first-order chi connectivity index (χ1) is 10.8. The first-order valence-electron chi connectivity index (χ1n) is 6.39. The van der Waals surface area contributed by atoms with Crippen molar-refractivity contribution in [3.63, 3.8) is 0 Å². The number of benzene rings is 2. The predicted molar refractivity (Wildman–Crippen MR) is 86.9 cm³/mol. The quantitative estimate of drug-likeness (QED) is 0.623. The van der Waals surface area contributed by atoms with Crippen molar-refractivity contribution in [3.8, 4) is 0 Å². The van der Waals surface area contributed by atoms with Crippen molar-refractivity contribution < 1.29 is 19.6 Å². The fraction of sp³-hybridized carbons (Fsp3) is 0.0667. The Bertz CT molecular complexity index is 820. The number of halogens is 1. The molecule has 1 amide bonds. The lowest BCUT2D eigenvalue weighted by Crippen LogP contribution is -2.15. The first-order valence-corrected chi connectivity index (χ1v) is 7.18. The minimum atomic E-state index is -1.20. The summed E-state index contributed by atoms with van der Waals surface area (Å²) in [5.74, 6) is -1.82. The number of nitro benzene ring substituents is 1. The van der Waals surface area contributed by atoms with Gasteiger partial charge in [0.05, 0.1) is 16.2 Å². The summed E-state index contributed by atoms with van der Waals surface area (Å²) in [6.45, 7) is 1.57. The van der Waals surface area contributed by atoms with Crippen molar-refractivity contribution in [1.82, 2.24) is 0 Å². The summed E-state index contributed by atoms with van der Waals surface area (Å²) in [6.07, 6.45) is 0. The van der Waals surface area contributed by atoms with Crippen LogP contribution in [0.4, 0.5) is 11.4 Å². The number of amides is 1. The van der Waals surface area contributed by atoms with Gasteiger partial charge in [0.15, 0.2) is 0 Å². The molecule has 0 bridgehead atoms. The predicted octanol–water partition coefficient (Wildman–Crippen LogP) is 3.62. The molecule has 0 fully saturated rings. The lowest BCUT2D eigenvalue weighted by molar-refractivity contribution is -0.385. The normalized spacial score (nSPS) is 10.2. The maximum Gasteiger partial charge on any atom is 0.337 e. The van der Waals surface area contributed by atoms with Crippen LogP contribution in [0.15, 0.2) is 40.9 Å². The number of nitrogens with zero attached hydrogens (tertiary/aromatic N) is 1. The van der Waals surface area contributed by atoms with Crippen LogP contribution >= 0.6 is 15.9 Å². The fourth-order valence-electron chi connectivity index (χ4n) is 1.94. The molecule has 2 rings (SSSR count). The summed E-state index contributed by atoms with van der Waals surface area (Å²) >= 11 is 3.16. The summed E-state index contributed by atoms with van der Waals surface area (Å²) in [7, 11) is 0. The summed E-state index contributed by atoms with van der Waals surface area (Å²) in [4.78, 5) is 33.8. The first kappa shape index (κ1) is 16.6. The molecule has 0 unspecified atom stereocenters. The molecule has 2 aromatic carbocycles. The van der Waals surface area contributed by atoms with Crippen molar-refractivity contribution in [2.24, 2.45) is 0 Å². The monoisotopic (exact) mass is 378 g/mol. The molecule has 0 saturated heterocycles. The molecular formula is C15H11BrN2O5. The van der Waals surface area contributed by atoms with Gasteiger partial charge in [-0.2, -0.15) is 0 Å². The molecule has 2 N–H and O–H groups in total. The Hall–Kier alpha value is -2.74. The second-order valence-electron chi connectivity index (χ2n) is 4.71. The molecule has 0 aliphatic rings. The van der Waals surface area contributed by atoms with Crippen LogP contribution < -0.4 is 5.32 Å². The van der Waals surface area contributed by atoms with Crippen molar-refractivity contribution in [2.45, 2.75) is 6.92 Å². The van der Waals surface area contributed by atoms with E-state index in [1.54, 1.807) is 13.0 Å². The lowest BCUT2D eigenvalue weighted by atomic mass is 10.1. The molecule has 8 heteroatoms. The number of carboxylic acid groups (broad SMARTS) is 1. The van der Waals surface area contributed by atoms with Gasteiger partial charge in [-0.1, -0.05) is 22.0 Å². The Morgan fingerprint density at radius 2 is 1.91 bits per heavy atom. The van der Waals surface area contributed by atoms with E-state index in [2.05, 4.69) is 21.2 Å². The van der Waals surface area contributed by atoms with Gasteiger partial charge in [-0.15, -0.1) is 0 Å². The van der Waals surface area contributed by atoms with Gasteiger partial charge in [0.1, 0.15) is 0 Å². The average molecular weight is 379 g/mol. The summed E-state index contributed by atoms with van der Waals surface area (Å²) in [5, 5.41) is 22.5. The van der Waals surface area contributed by atoms with Crippen molar-refractivity contribution in [2.75, 3.05) is 5.32 Å². The molecule has 23 heavy (non-hydrogen) atoms. The Kier molecular flexibility index (Phi) is 4.75. The van der Waals surface area contributed by atoms with Gasteiger partial charge < -0.3 is 10.4 Å². The maximum absolute atomic E-state index is 12.2. The van der Waals surface area contributed by atoms with Crippen LogP contribution in [-0.4, -0.2) is 21.9 Å². The maximum atomic E-state index is 12.2. The topological polar surface area (TPSA) is 110 Å². The average Bonchev–Trinajstić information content (AvgIpc) is 2.48. The highest BCUT2D eigenvalue weighted by atomic mass is 79.9. The molecule has 0 saturated carbocycles. The summed E-state index contributed by atoms with van der Waals surface area (Å²) in [5.41, 5.74) is 0.346. The van der Waals surface area contributed by atoms with Crippen molar-refractivity contribution in [1.29, 1.82) is 0 Å². The standard InChI is InChI=1S/C15H11BrN2O5/c1-8-2-3-9(6-13(8)18(22)23)14(19)17-12-5-4-10(16)7-11(12)15(20)21/h2-7H,1H3,(H,17,19)(H,20,21). The number of aromatic carboxylic acids is 1. The van der Waals surface area contributed by atoms with Gasteiger partial charge in [-0.25, -0.2) is 4.79 Å². The van der Waals surface area contributed by atoms with E-state index in [-0.39, 0.29) is 22.5 Å².